The van der Waals surface area contributed by atoms with Crippen LogP contribution in [0, 0.1) is 0 Å². The van der Waals surface area contributed by atoms with Gasteiger partial charge in [0.05, 0.1) is 5.56 Å². The zero-order valence-corrected chi connectivity index (χ0v) is 10.6. The van der Waals surface area contributed by atoms with Gasteiger partial charge in [-0.25, -0.2) is 0 Å². The highest BCUT2D eigenvalue weighted by atomic mass is 19.4. The molecule has 19 heavy (non-hydrogen) atoms. The van der Waals surface area contributed by atoms with Gasteiger partial charge in [0.25, 0.3) is 5.91 Å². The number of carbonyl (C=O) groups is 1. The quantitative estimate of drug-likeness (QED) is 0.857. The summed E-state index contributed by atoms with van der Waals surface area (Å²) in [5.74, 6) is -0.799. The van der Waals surface area contributed by atoms with Crippen molar-refractivity contribution < 1.29 is 22.7 Å². The topological polar surface area (TPSA) is 55.6 Å². The minimum absolute atomic E-state index is 0.0170. The Kier molecular flexibility index (Phi) is 4.63. The molecule has 7 heteroatoms. The maximum Gasteiger partial charge on any atom is 0.420 e. The highest BCUT2D eigenvalue weighted by molar-refractivity contribution is 5.77. The second-order valence-corrected chi connectivity index (χ2v) is 3.95. The molecule has 0 unspecified atom stereocenters. The van der Waals surface area contributed by atoms with Crippen LogP contribution in [0.5, 0.6) is 5.75 Å². The minimum Gasteiger partial charge on any atom is -0.483 e. The van der Waals surface area contributed by atoms with Crippen LogP contribution in [0.4, 0.5) is 18.9 Å². The lowest BCUT2D eigenvalue weighted by Gasteiger charge is -2.17. The summed E-state index contributed by atoms with van der Waals surface area (Å²) in [6, 6.07) is 3.18. The van der Waals surface area contributed by atoms with Gasteiger partial charge in [0.1, 0.15) is 5.75 Å². The molecule has 2 N–H and O–H groups in total. The van der Waals surface area contributed by atoms with E-state index in [4.69, 9.17) is 10.5 Å². The van der Waals surface area contributed by atoms with E-state index in [1.165, 1.54) is 11.0 Å². The van der Waals surface area contributed by atoms with Crippen LogP contribution in [0.1, 0.15) is 12.5 Å². The summed E-state index contributed by atoms with van der Waals surface area (Å²) in [7, 11) is 1.54. The van der Waals surface area contributed by atoms with Gasteiger partial charge in [0, 0.05) is 19.3 Å². The molecule has 106 valence electrons. The van der Waals surface area contributed by atoms with Gasteiger partial charge in [0.2, 0.25) is 0 Å². The van der Waals surface area contributed by atoms with Crippen LogP contribution >= 0.6 is 0 Å². The summed E-state index contributed by atoms with van der Waals surface area (Å²) in [6.45, 7) is 1.76. The van der Waals surface area contributed by atoms with E-state index in [0.717, 1.165) is 12.1 Å². The number of likely N-dealkylation sites (N-methyl/N-ethyl adjacent to an activating group) is 1. The number of carbonyl (C=O) groups excluding carboxylic acids is 1. The summed E-state index contributed by atoms with van der Waals surface area (Å²) >= 11 is 0. The number of nitrogen functional groups attached to an aromatic ring is 1. The molecule has 1 aromatic rings. The SMILES string of the molecule is CCN(C)C(=O)COc1ccc(N)cc1C(F)(F)F. The fourth-order valence-electron chi connectivity index (χ4n) is 1.32. The normalized spacial score (nSPS) is 11.2. The predicted octanol–water partition coefficient (Wildman–Crippen LogP) is 2.14. The van der Waals surface area contributed by atoms with Crippen LogP contribution in [0.25, 0.3) is 0 Å². The Morgan fingerprint density at radius 3 is 2.58 bits per heavy atom. The lowest BCUT2D eigenvalue weighted by Crippen LogP contribution is -2.31. The molecule has 0 spiro atoms. The summed E-state index contributed by atoms with van der Waals surface area (Å²) in [5.41, 5.74) is 4.32. The second kappa shape index (κ2) is 5.81. The Morgan fingerprint density at radius 2 is 2.05 bits per heavy atom. The standard InChI is InChI=1S/C12H15F3N2O2/c1-3-17(2)11(18)7-19-10-5-4-8(16)6-9(10)12(13,14)15/h4-6H,3,7,16H2,1-2H3. The van der Waals surface area contributed by atoms with Gasteiger partial charge in [-0.05, 0) is 25.1 Å². The van der Waals surface area contributed by atoms with Gasteiger partial charge in [-0.3, -0.25) is 4.79 Å². The average molecular weight is 276 g/mol. The lowest BCUT2D eigenvalue weighted by atomic mass is 10.1. The predicted molar refractivity (Wildman–Crippen MR) is 64.7 cm³/mol. The molecule has 1 aromatic carbocycles. The van der Waals surface area contributed by atoms with Crippen molar-refractivity contribution in [3.05, 3.63) is 23.8 Å². The number of nitrogens with two attached hydrogens (primary N) is 1. The number of amides is 1. The molecule has 1 amide bonds. The van der Waals surface area contributed by atoms with E-state index in [1.807, 2.05) is 0 Å². The molecule has 0 aliphatic carbocycles. The summed E-state index contributed by atoms with van der Waals surface area (Å²) in [5, 5.41) is 0. The first-order valence-electron chi connectivity index (χ1n) is 5.59. The number of halogens is 3. The fraction of sp³-hybridized carbons (Fsp3) is 0.417. The van der Waals surface area contributed by atoms with E-state index < -0.39 is 30.0 Å². The average Bonchev–Trinajstić information content (AvgIpc) is 2.34. The van der Waals surface area contributed by atoms with Crippen molar-refractivity contribution in [2.24, 2.45) is 0 Å². The second-order valence-electron chi connectivity index (χ2n) is 3.95. The molecule has 0 aliphatic rings. The smallest absolute Gasteiger partial charge is 0.420 e. The molecule has 0 heterocycles. The van der Waals surface area contributed by atoms with Gasteiger partial charge >= 0.3 is 6.18 Å². The first-order chi connectivity index (χ1) is 8.75. The Bertz CT molecular complexity index is 461. The lowest BCUT2D eigenvalue weighted by molar-refractivity contribution is -0.140. The van der Waals surface area contributed by atoms with Crippen LogP contribution < -0.4 is 10.5 Å². The van der Waals surface area contributed by atoms with Crippen LogP contribution in [-0.2, 0) is 11.0 Å². The van der Waals surface area contributed by atoms with E-state index in [2.05, 4.69) is 0 Å². The van der Waals surface area contributed by atoms with Crippen molar-refractivity contribution in [1.29, 1.82) is 0 Å². The molecule has 0 fully saturated rings. The van der Waals surface area contributed by atoms with Crippen molar-refractivity contribution in [3.8, 4) is 5.75 Å². The van der Waals surface area contributed by atoms with Crippen LogP contribution in [0.3, 0.4) is 0 Å². The van der Waals surface area contributed by atoms with Crippen LogP contribution in [-0.4, -0.2) is 31.0 Å². The van der Waals surface area contributed by atoms with E-state index in [9.17, 15) is 18.0 Å². The van der Waals surface area contributed by atoms with Crippen molar-refractivity contribution in [3.63, 3.8) is 0 Å². The number of hydrogen-bond acceptors (Lipinski definition) is 3. The highest BCUT2D eigenvalue weighted by Gasteiger charge is 2.34. The van der Waals surface area contributed by atoms with Gasteiger partial charge < -0.3 is 15.4 Å². The number of ether oxygens (including phenoxy) is 1. The van der Waals surface area contributed by atoms with Crippen LogP contribution in [0.2, 0.25) is 0 Å². The Balaban J connectivity index is 2.87. The largest absolute Gasteiger partial charge is 0.483 e. The number of hydrogen-bond donors (Lipinski definition) is 1. The molecule has 1 rings (SSSR count). The van der Waals surface area contributed by atoms with E-state index >= 15 is 0 Å². The third-order valence-corrected chi connectivity index (χ3v) is 2.56. The molecule has 0 radical (unpaired) electrons. The maximum atomic E-state index is 12.7. The number of rotatable bonds is 4. The minimum atomic E-state index is -4.58. The van der Waals surface area contributed by atoms with Gasteiger partial charge in [-0.1, -0.05) is 0 Å². The van der Waals surface area contributed by atoms with E-state index in [1.54, 1.807) is 14.0 Å². The molecule has 0 aromatic heterocycles. The van der Waals surface area contributed by atoms with Gasteiger partial charge in [0.15, 0.2) is 6.61 Å². The summed E-state index contributed by atoms with van der Waals surface area (Å²) in [6.07, 6.45) is -4.58. The van der Waals surface area contributed by atoms with Gasteiger partial charge in [-0.15, -0.1) is 0 Å². The Labute approximate surface area is 108 Å². The number of anilines is 1. The third-order valence-electron chi connectivity index (χ3n) is 2.56. The number of benzene rings is 1. The maximum absolute atomic E-state index is 12.7. The van der Waals surface area contributed by atoms with Crippen molar-refractivity contribution in [1.82, 2.24) is 4.90 Å². The van der Waals surface area contributed by atoms with Crippen molar-refractivity contribution in [2.75, 3.05) is 25.9 Å². The molecule has 4 nitrogen and oxygen atoms in total. The monoisotopic (exact) mass is 276 g/mol. The first kappa shape index (κ1) is 15.1. The Hall–Kier alpha value is -1.92. The molecule has 0 bridgehead atoms. The molecule has 0 saturated heterocycles. The van der Waals surface area contributed by atoms with E-state index in [-0.39, 0.29) is 5.69 Å². The summed E-state index contributed by atoms with van der Waals surface area (Å²) < 4.78 is 43.2. The molecular weight excluding hydrogens is 261 g/mol. The van der Waals surface area contributed by atoms with E-state index in [0.29, 0.717) is 6.54 Å². The Morgan fingerprint density at radius 1 is 1.42 bits per heavy atom. The van der Waals surface area contributed by atoms with Gasteiger partial charge in [-0.2, -0.15) is 13.2 Å². The van der Waals surface area contributed by atoms with Crippen LogP contribution in [0.15, 0.2) is 18.2 Å². The zero-order valence-electron chi connectivity index (χ0n) is 10.6. The summed E-state index contributed by atoms with van der Waals surface area (Å²) in [4.78, 5) is 12.8. The number of nitrogens with zero attached hydrogens (tertiary/aromatic N) is 1. The first-order valence-corrected chi connectivity index (χ1v) is 5.59. The molecular formula is C12H15F3N2O2. The molecule has 0 aliphatic heterocycles. The zero-order chi connectivity index (χ0) is 14.6. The molecule has 0 saturated carbocycles. The fourth-order valence-corrected chi connectivity index (χ4v) is 1.32. The van der Waals surface area contributed by atoms with Crippen molar-refractivity contribution >= 4 is 11.6 Å². The number of alkyl halides is 3. The molecule has 0 atom stereocenters. The third kappa shape index (κ3) is 4.04. The highest BCUT2D eigenvalue weighted by Crippen LogP contribution is 2.37. The van der Waals surface area contributed by atoms with Crippen molar-refractivity contribution in [2.45, 2.75) is 13.1 Å².